The van der Waals surface area contributed by atoms with Crippen LogP contribution in [0.3, 0.4) is 0 Å². The topological polar surface area (TPSA) is 109 Å². The van der Waals surface area contributed by atoms with E-state index in [9.17, 15) is 0 Å². The van der Waals surface area contributed by atoms with E-state index < -0.39 is 0 Å². The molecule has 8 rings (SSSR count). The van der Waals surface area contributed by atoms with Gasteiger partial charge in [-0.1, -0.05) is 163 Å². The van der Waals surface area contributed by atoms with Crippen molar-refractivity contribution in [3.05, 3.63) is 87.0 Å². The number of thiol groups is 1. The number of aryl methyl sites for hydroxylation is 2. The fourth-order valence-electron chi connectivity index (χ4n) is 14.3. The van der Waals surface area contributed by atoms with Gasteiger partial charge in [0.05, 0.1) is 0 Å². The van der Waals surface area contributed by atoms with Crippen LogP contribution in [-0.2, 0) is 56.4 Å². The number of fused-ring (bicyclic) bond motifs is 17. The molecule has 10 heteroatoms. The van der Waals surface area contributed by atoms with Gasteiger partial charge in [-0.25, -0.2) is 0 Å². The molecule has 0 saturated carbocycles. The molecule has 0 unspecified atom stereocenters. The summed E-state index contributed by atoms with van der Waals surface area (Å²) in [6.45, 7) is 18.7. The summed E-state index contributed by atoms with van der Waals surface area (Å²) in [6.07, 6.45) is 46.8. The summed E-state index contributed by atoms with van der Waals surface area (Å²) >= 11 is 6.32. The Bertz CT molecular complexity index is 3420. The summed E-state index contributed by atoms with van der Waals surface area (Å²) in [7, 11) is 0. The molecule has 3 aromatic carbocycles. The Morgan fingerprint density at radius 3 is 1.30 bits per heavy atom. The van der Waals surface area contributed by atoms with Gasteiger partial charge in [-0.15, -0.1) is 0 Å². The van der Waals surface area contributed by atoms with Gasteiger partial charge in [0.2, 0.25) is 0 Å². The molecule has 0 saturated heterocycles. The first-order valence-electron chi connectivity index (χ1n) is 36.7. The summed E-state index contributed by atoms with van der Waals surface area (Å²) in [6, 6.07) is 17.2. The van der Waals surface area contributed by atoms with Gasteiger partial charge in [-0.3, -0.25) is 0 Å². The molecule has 8 bridgehead atoms. The summed E-state index contributed by atoms with van der Waals surface area (Å²) in [5.41, 5.74) is 20.2. The van der Waals surface area contributed by atoms with E-state index in [0.29, 0.717) is 17.3 Å². The average molecular weight is 1270 g/mol. The Morgan fingerprint density at radius 2 is 0.809 bits per heavy atom. The van der Waals surface area contributed by atoms with E-state index in [1.807, 2.05) is 0 Å². The van der Waals surface area contributed by atoms with E-state index in [0.717, 1.165) is 152 Å². The van der Waals surface area contributed by atoms with Gasteiger partial charge >= 0.3 is 346 Å². The molecule has 6 aromatic rings. The van der Waals surface area contributed by atoms with Crippen LogP contribution >= 0.6 is 12.6 Å². The van der Waals surface area contributed by atoms with Gasteiger partial charge in [-0.05, 0) is 43.2 Å². The average Bonchev–Trinajstić information content (AvgIpc) is 1.66. The number of aromatic amines is 2. The monoisotopic (exact) mass is 1270 g/mol. The van der Waals surface area contributed by atoms with Crippen LogP contribution in [-0.4, -0.2) is 43.3 Å². The Hall–Kier alpha value is -4.66. The predicted octanol–water partition coefficient (Wildman–Crippen LogP) is 23.6. The maximum atomic E-state index is 6.12. The minimum absolute atomic E-state index is 0.625. The maximum absolute atomic E-state index is 6.12. The molecule has 89 heavy (non-hydrogen) atoms. The van der Waals surface area contributed by atoms with Crippen LogP contribution in [0.1, 0.15) is 313 Å². The zero-order valence-electron chi connectivity index (χ0n) is 57.1. The Kier molecular flexibility index (Phi) is 29.8. The van der Waals surface area contributed by atoms with Gasteiger partial charge in [0.25, 0.3) is 0 Å². The quantitative estimate of drug-likeness (QED) is 0.0152. The fourth-order valence-corrected chi connectivity index (χ4v) is 15.3. The first-order chi connectivity index (χ1) is 43.7. The molecule has 478 valence electrons. The first-order valence-corrected chi connectivity index (χ1v) is 38.7. The molecule has 0 fully saturated rings. The fraction of sp³-hybridized carbons (Fsp3) is 0.608. The summed E-state index contributed by atoms with van der Waals surface area (Å²) in [5, 5.41) is 2.29. The summed E-state index contributed by atoms with van der Waals surface area (Å²) in [5.74, 6) is 2.87. The molecule has 0 radical (unpaired) electrons. The second-order valence-electron chi connectivity index (χ2n) is 26.3. The molecule has 8 nitrogen and oxygen atoms in total. The van der Waals surface area contributed by atoms with Crippen LogP contribution in [0.5, 0.6) is 0 Å². The molecule has 0 aliphatic carbocycles. The van der Waals surface area contributed by atoms with Crippen molar-refractivity contribution in [1.29, 1.82) is 0 Å². The standard InChI is InChI=1S/C79H113N8S.Zn/c1-9-17-25-33-43-57-53-54-67-70(60(57)46-36-28-20-12-4)77-84-75(67)83-74-66-52-42-41-51-65(66)73(82-74)80-69-55-68(59(45-35-27-19-11-3)58(56-88)44-34-26-18-10-2)76(81-69)85-78-71-63(49-39-31-23-15-7)61(47-37-29-21-13-5)62(48-38-30-22-14-6)64(50-40-32-24-16-8)72(71)79(86-77)87-78;/h41-42,51-54,88H,9-40,43-50H2,1-8H3,(H2,80,81,82,83,84,85,86,87);/q-1;/b59-58-;. The van der Waals surface area contributed by atoms with Crippen molar-refractivity contribution in [2.75, 3.05) is 0 Å². The number of benzene rings is 3. The number of hydrogen-bond acceptors (Lipinski definition) is 7. The summed E-state index contributed by atoms with van der Waals surface area (Å²) < 4.78 is 1.20. The number of nitrogens with zero attached hydrogens (tertiary/aromatic N) is 6. The molecular formula is C79H113N8SZn-. The second-order valence-corrected chi connectivity index (χ2v) is 29.6. The molecule has 2 N–H and O–H groups in total. The van der Waals surface area contributed by atoms with Crippen molar-refractivity contribution in [3.8, 4) is 45.6 Å². The number of H-pyrrole nitrogens is 2. The Balaban J connectivity index is 1.60. The number of unbranched alkanes of at least 4 members (excludes halogenated alkanes) is 24. The third-order valence-electron chi connectivity index (χ3n) is 19.2. The number of allylic oxidation sites excluding steroid dienone is 1. The SMILES string of the molecule is CCCCCC/C([C](S)=[Zn])=C(\CCCCCC)c1[c-]c2nc3nc(nc4[nH]c(nc5nc(nc1[nH]2)-c1c(CCCCCC)c(CCCCCC)c(CCCCCC)c(CCCCCC)c1-5)c1c(CCCCCC)c(CCCCCC)ccc41)-c1ccccc1-3. The van der Waals surface area contributed by atoms with Crippen LogP contribution in [0.25, 0.3) is 84.5 Å². The van der Waals surface area contributed by atoms with Gasteiger partial charge in [0.1, 0.15) is 0 Å². The molecule has 3 aromatic heterocycles. The number of nitrogens with one attached hydrogen (secondary N) is 2. The number of rotatable bonds is 42. The van der Waals surface area contributed by atoms with Gasteiger partial charge in [0, 0.05) is 5.39 Å². The molecule has 2 aliphatic heterocycles. The third kappa shape index (κ3) is 18.8. The number of aromatic nitrogens is 8. The van der Waals surface area contributed by atoms with E-state index >= 15 is 0 Å². The minimum atomic E-state index is 0.625. The van der Waals surface area contributed by atoms with E-state index in [1.54, 1.807) is 11.1 Å². The van der Waals surface area contributed by atoms with Crippen LogP contribution in [0.2, 0.25) is 0 Å². The van der Waals surface area contributed by atoms with Crippen LogP contribution in [0.15, 0.2) is 42.0 Å². The predicted molar refractivity (Wildman–Crippen MR) is 383 cm³/mol. The first kappa shape index (κ1) is 70.2. The molecule has 0 amide bonds. The van der Waals surface area contributed by atoms with Crippen molar-refractivity contribution in [1.82, 2.24) is 39.9 Å². The third-order valence-corrected chi connectivity index (χ3v) is 20.4. The Labute approximate surface area is 553 Å². The molecule has 2 aliphatic rings. The molecule has 0 atom stereocenters. The van der Waals surface area contributed by atoms with E-state index in [4.69, 9.17) is 42.5 Å². The van der Waals surface area contributed by atoms with E-state index in [2.05, 4.69) is 108 Å². The van der Waals surface area contributed by atoms with Gasteiger partial charge in [0.15, 0.2) is 0 Å². The van der Waals surface area contributed by atoms with Gasteiger partial charge < -0.3 is 0 Å². The second kappa shape index (κ2) is 37.8. The van der Waals surface area contributed by atoms with E-state index in [-0.39, 0.29) is 0 Å². The van der Waals surface area contributed by atoms with Crippen molar-refractivity contribution >= 4 is 55.0 Å². The normalized spacial score (nSPS) is 12.3. The zero-order valence-corrected chi connectivity index (χ0v) is 60.9. The number of hydrogen-bond donors (Lipinski definition) is 3. The Morgan fingerprint density at radius 1 is 0.393 bits per heavy atom. The van der Waals surface area contributed by atoms with Crippen LogP contribution in [0.4, 0.5) is 0 Å². The van der Waals surface area contributed by atoms with Crippen molar-refractivity contribution in [2.45, 2.75) is 312 Å². The van der Waals surface area contributed by atoms with Crippen molar-refractivity contribution < 1.29 is 17.9 Å². The zero-order chi connectivity index (χ0) is 62.7. The molecule has 0 spiro atoms. The van der Waals surface area contributed by atoms with Gasteiger partial charge in [-0.2, -0.15) is 0 Å². The van der Waals surface area contributed by atoms with Crippen LogP contribution in [0, 0.1) is 6.07 Å². The molecule has 5 heterocycles. The molecular weight excluding hydrogens is 1160 g/mol. The van der Waals surface area contributed by atoms with Crippen molar-refractivity contribution in [3.63, 3.8) is 0 Å². The van der Waals surface area contributed by atoms with E-state index in [1.165, 1.54) is 227 Å². The summed E-state index contributed by atoms with van der Waals surface area (Å²) in [4.78, 5) is 42.6. The van der Waals surface area contributed by atoms with Crippen molar-refractivity contribution in [2.24, 2.45) is 0 Å². The van der Waals surface area contributed by atoms with Crippen LogP contribution < -0.4 is 0 Å².